The van der Waals surface area contributed by atoms with Gasteiger partial charge in [-0.1, -0.05) is 23.8 Å². The van der Waals surface area contributed by atoms with Crippen LogP contribution in [-0.4, -0.2) is 58.8 Å². The summed E-state index contributed by atoms with van der Waals surface area (Å²) >= 11 is 6.66. The van der Waals surface area contributed by atoms with E-state index in [1.165, 1.54) is 12.8 Å². The molecule has 34 heavy (non-hydrogen) atoms. The number of fused-ring (bicyclic) bond motifs is 1. The van der Waals surface area contributed by atoms with Crippen molar-refractivity contribution in [2.24, 2.45) is 0 Å². The lowest BCUT2D eigenvalue weighted by atomic mass is 9.88. The highest BCUT2D eigenvalue weighted by Crippen LogP contribution is 2.39. The monoisotopic (exact) mass is 482 g/mol. The van der Waals surface area contributed by atoms with Gasteiger partial charge in [0.2, 0.25) is 5.95 Å². The molecule has 0 atom stereocenters. The van der Waals surface area contributed by atoms with Crippen LogP contribution < -0.4 is 10.2 Å². The molecule has 8 nitrogen and oxygen atoms in total. The maximum Gasteiger partial charge on any atom is 0.227 e. The number of aryl methyl sites for hydroxylation is 1. The number of methoxy groups -OCH3 is 1. The molecule has 2 fully saturated rings. The first kappa shape index (κ1) is 23.1. The van der Waals surface area contributed by atoms with Crippen molar-refractivity contribution in [2.45, 2.75) is 44.2 Å². The molecular formula is C25H31ClN6O2. The van der Waals surface area contributed by atoms with Gasteiger partial charge in [-0.2, -0.15) is 5.10 Å². The van der Waals surface area contributed by atoms with E-state index in [4.69, 9.17) is 26.1 Å². The summed E-state index contributed by atoms with van der Waals surface area (Å²) < 4.78 is 13.1. The molecule has 180 valence electrons. The van der Waals surface area contributed by atoms with Crippen molar-refractivity contribution >= 4 is 39.8 Å². The fourth-order valence-corrected chi connectivity index (χ4v) is 5.17. The van der Waals surface area contributed by atoms with E-state index in [1.807, 2.05) is 16.9 Å². The van der Waals surface area contributed by atoms with Crippen LogP contribution >= 0.6 is 11.6 Å². The summed E-state index contributed by atoms with van der Waals surface area (Å²) in [6.07, 6.45) is 10.8. The largest absolute Gasteiger partial charge is 0.380 e. The molecule has 0 amide bonds. The van der Waals surface area contributed by atoms with Gasteiger partial charge in [0.05, 0.1) is 40.3 Å². The quantitative estimate of drug-likeness (QED) is 0.454. The van der Waals surface area contributed by atoms with Gasteiger partial charge in [0.15, 0.2) is 0 Å². The second-order valence-corrected chi connectivity index (χ2v) is 9.64. The van der Waals surface area contributed by atoms with Crippen molar-refractivity contribution in [3.8, 4) is 0 Å². The summed E-state index contributed by atoms with van der Waals surface area (Å²) in [5.41, 5.74) is 3.84. The third kappa shape index (κ3) is 5.04. The Bertz CT molecular complexity index is 1160. The van der Waals surface area contributed by atoms with Crippen LogP contribution in [0.3, 0.4) is 0 Å². The van der Waals surface area contributed by atoms with Crippen molar-refractivity contribution in [3.63, 3.8) is 0 Å². The maximum atomic E-state index is 6.66. The van der Waals surface area contributed by atoms with Gasteiger partial charge in [0.25, 0.3) is 0 Å². The predicted octanol–water partition coefficient (Wildman–Crippen LogP) is 4.97. The van der Waals surface area contributed by atoms with Gasteiger partial charge >= 0.3 is 0 Å². The number of hydrogen-bond donors (Lipinski definition) is 1. The van der Waals surface area contributed by atoms with Gasteiger partial charge in [-0.3, -0.25) is 4.68 Å². The Labute approximate surface area is 204 Å². The number of ether oxygens (including phenoxy) is 2. The lowest BCUT2D eigenvalue weighted by molar-refractivity contribution is -0.0146. The molecular weight excluding hydrogens is 452 g/mol. The first-order chi connectivity index (χ1) is 16.5. The first-order valence-corrected chi connectivity index (χ1v) is 12.2. The lowest BCUT2D eigenvalue weighted by Crippen LogP contribution is -2.44. The van der Waals surface area contributed by atoms with Gasteiger partial charge in [-0.15, -0.1) is 0 Å². The average molecular weight is 483 g/mol. The fourth-order valence-electron chi connectivity index (χ4n) is 4.88. The Kier molecular flexibility index (Phi) is 6.72. The number of piperidine rings is 1. The Hall–Kier alpha value is -2.68. The van der Waals surface area contributed by atoms with Crippen LogP contribution in [-0.2, 0) is 16.0 Å². The number of hydrogen-bond acceptors (Lipinski definition) is 7. The molecule has 1 spiro atoms. The standard InChI is InChI=1S/C25H31ClN6O2/c1-18(17-33-2)4-8-32-16-20(15-28-32)29-24-27-14-19-12-21(26)23(13-22(19)30-24)31-9-6-25(7-10-31)5-3-11-34-25/h12-16H,1,3-11,17H2,2H3,(H,27,29,30). The zero-order valence-corrected chi connectivity index (χ0v) is 20.4. The molecule has 0 aliphatic carbocycles. The molecule has 2 aromatic heterocycles. The number of rotatable bonds is 8. The van der Waals surface area contributed by atoms with Crippen LogP contribution in [0.25, 0.3) is 10.9 Å². The van der Waals surface area contributed by atoms with Crippen LogP contribution in [0.5, 0.6) is 0 Å². The number of aromatic nitrogens is 4. The van der Waals surface area contributed by atoms with Gasteiger partial charge in [0, 0.05) is 51.1 Å². The molecule has 1 aromatic carbocycles. The summed E-state index contributed by atoms with van der Waals surface area (Å²) in [7, 11) is 1.68. The maximum absolute atomic E-state index is 6.66. The summed E-state index contributed by atoms with van der Waals surface area (Å²) in [6, 6.07) is 4.03. The van der Waals surface area contributed by atoms with E-state index in [1.54, 1.807) is 19.5 Å². The van der Waals surface area contributed by atoms with Crippen LogP contribution in [0.1, 0.15) is 32.1 Å². The van der Waals surface area contributed by atoms with E-state index in [9.17, 15) is 0 Å². The Morgan fingerprint density at radius 3 is 2.88 bits per heavy atom. The minimum Gasteiger partial charge on any atom is -0.380 e. The normalized spacial score (nSPS) is 17.5. The van der Waals surface area contributed by atoms with Gasteiger partial charge in [0.1, 0.15) is 0 Å². The minimum atomic E-state index is 0.0839. The lowest BCUT2D eigenvalue weighted by Gasteiger charge is -2.40. The van der Waals surface area contributed by atoms with E-state index in [2.05, 4.69) is 32.9 Å². The molecule has 0 unspecified atom stereocenters. The number of halogens is 1. The molecule has 2 aliphatic heterocycles. The van der Waals surface area contributed by atoms with Crippen molar-refractivity contribution in [3.05, 3.63) is 47.9 Å². The van der Waals surface area contributed by atoms with Crippen LogP contribution in [0, 0.1) is 0 Å². The van der Waals surface area contributed by atoms with E-state index >= 15 is 0 Å². The summed E-state index contributed by atoms with van der Waals surface area (Å²) in [4.78, 5) is 11.6. The van der Waals surface area contributed by atoms with E-state index in [0.29, 0.717) is 12.6 Å². The molecule has 1 N–H and O–H groups in total. The third-order valence-corrected chi connectivity index (χ3v) is 7.08. The Morgan fingerprint density at radius 2 is 2.12 bits per heavy atom. The van der Waals surface area contributed by atoms with Crippen LogP contribution in [0.2, 0.25) is 5.02 Å². The number of benzene rings is 1. The number of nitrogens with zero attached hydrogens (tertiary/aromatic N) is 5. The number of anilines is 3. The zero-order chi connectivity index (χ0) is 23.5. The van der Waals surface area contributed by atoms with E-state index in [0.717, 1.165) is 78.4 Å². The zero-order valence-electron chi connectivity index (χ0n) is 19.6. The molecule has 2 aliphatic rings. The summed E-state index contributed by atoms with van der Waals surface area (Å²) in [5.74, 6) is 0.529. The Morgan fingerprint density at radius 1 is 1.26 bits per heavy atom. The highest BCUT2D eigenvalue weighted by Gasteiger charge is 2.38. The minimum absolute atomic E-state index is 0.0839. The first-order valence-electron chi connectivity index (χ1n) is 11.8. The molecule has 5 rings (SSSR count). The molecule has 0 radical (unpaired) electrons. The highest BCUT2D eigenvalue weighted by molar-refractivity contribution is 6.34. The van der Waals surface area contributed by atoms with Crippen LogP contribution in [0.15, 0.2) is 42.9 Å². The van der Waals surface area contributed by atoms with Crippen LogP contribution in [0.4, 0.5) is 17.3 Å². The van der Waals surface area contributed by atoms with E-state index < -0.39 is 0 Å². The third-order valence-electron chi connectivity index (χ3n) is 6.78. The van der Waals surface area contributed by atoms with Crippen molar-refractivity contribution < 1.29 is 9.47 Å². The average Bonchev–Trinajstić information content (AvgIpc) is 3.48. The van der Waals surface area contributed by atoms with Gasteiger partial charge < -0.3 is 19.7 Å². The topological polar surface area (TPSA) is 77.3 Å². The molecule has 4 heterocycles. The van der Waals surface area contributed by atoms with E-state index in [-0.39, 0.29) is 5.60 Å². The second-order valence-electron chi connectivity index (χ2n) is 9.23. The SMILES string of the molecule is C=C(CCn1cc(Nc2ncc3cc(Cl)c(N4CCC5(CCCO5)CC4)cc3n2)cn1)COC. The second kappa shape index (κ2) is 9.90. The molecule has 0 bridgehead atoms. The molecule has 0 saturated carbocycles. The highest BCUT2D eigenvalue weighted by atomic mass is 35.5. The predicted molar refractivity (Wildman–Crippen MR) is 135 cm³/mol. The summed E-state index contributed by atoms with van der Waals surface area (Å²) in [5, 5.41) is 9.31. The van der Waals surface area contributed by atoms with Gasteiger partial charge in [-0.05, 0) is 44.2 Å². The van der Waals surface area contributed by atoms with Crippen molar-refractivity contribution in [1.29, 1.82) is 0 Å². The summed E-state index contributed by atoms with van der Waals surface area (Å²) in [6.45, 7) is 8.09. The Balaban J connectivity index is 1.28. The molecule has 3 aromatic rings. The molecule has 2 saturated heterocycles. The fraction of sp³-hybridized carbons (Fsp3) is 0.480. The smallest absolute Gasteiger partial charge is 0.227 e. The van der Waals surface area contributed by atoms with Gasteiger partial charge in [-0.25, -0.2) is 9.97 Å². The number of nitrogens with one attached hydrogen (secondary N) is 1. The molecule has 9 heteroatoms. The van der Waals surface area contributed by atoms with Crippen molar-refractivity contribution in [1.82, 2.24) is 19.7 Å². The van der Waals surface area contributed by atoms with Crippen molar-refractivity contribution in [2.75, 3.05) is 43.6 Å².